The Bertz CT molecular complexity index is 321. The van der Waals surface area contributed by atoms with E-state index < -0.39 is 17.7 Å². The molecule has 0 aromatic rings. The molecule has 0 saturated heterocycles. The van der Waals surface area contributed by atoms with Crippen LogP contribution in [-0.2, 0) is 9.53 Å². The fraction of sp³-hybridized carbons (Fsp3) is 0.833. The topological polar surface area (TPSA) is 66.8 Å². The highest BCUT2D eigenvalue weighted by molar-refractivity contribution is 5.74. The maximum atomic E-state index is 11.8. The van der Waals surface area contributed by atoms with Gasteiger partial charge < -0.3 is 14.7 Å². The molecule has 98 valence electrons. The average molecular weight is 243 g/mol. The number of carboxylic acid groups (broad SMARTS) is 1. The van der Waals surface area contributed by atoms with Crippen molar-refractivity contribution in [2.24, 2.45) is 11.8 Å². The number of aliphatic carboxylic acids is 1. The number of hydrogen-bond acceptors (Lipinski definition) is 3. The van der Waals surface area contributed by atoms with Crippen molar-refractivity contribution in [3.8, 4) is 0 Å². The lowest BCUT2D eigenvalue weighted by Crippen LogP contribution is -2.40. The lowest BCUT2D eigenvalue weighted by atomic mass is 10.1. The van der Waals surface area contributed by atoms with Crippen LogP contribution in [0.25, 0.3) is 0 Å². The second kappa shape index (κ2) is 4.55. The van der Waals surface area contributed by atoms with E-state index in [0.29, 0.717) is 6.42 Å². The number of ether oxygens (including phenoxy) is 1. The van der Waals surface area contributed by atoms with Crippen molar-refractivity contribution < 1.29 is 19.4 Å². The molecule has 3 atom stereocenters. The molecule has 1 N–H and O–H groups in total. The van der Waals surface area contributed by atoms with Crippen molar-refractivity contribution in [2.75, 3.05) is 7.05 Å². The Balaban J connectivity index is 2.51. The van der Waals surface area contributed by atoms with E-state index in [1.54, 1.807) is 27.8 Å². The van der Waals surface area contributed by atoms with Gasteiger partial charge in [0.15, 0.2) is 0 Å². The standard InChI is InChI=1S/C12H21NO4/c1-7(8-6-9(8)10(14)15)13(5)11(16)17-12(2,3)4/h7-9H,6H2,1-5H3,(H,14,15)/t7?,8-,9+/m0/s1. The summed E-state index contributed by atoms with van der Waals surface area (Å²) in [5, 5.41) is 8.84. The van der Waals surface area contributed by atoms with Gasteiger partial charge in [-0.05, 0) is 40.0 Å². The second-order valence-corrected chi connectivity index (χ2v) is 5.68. The molecule has 1 aliphatic carbocycles. The van der Waals surface area contributed by atoms with Crippen molar-refractivity contribution >= 4 is 12.1 Å². The number of carbonyl (C=O) groups excluding carboxylic acids is 1. The van der Waals surface area contributed by atoms with E-state index in [0.717, 1.165) is 0 Å². The van der Waals surface area contributed by atoms with Gasteiger partial charge in [0.05, 0.1) is 5.92 Å². The molecule has 0 aromatic carbocycles. The molecule has 1 aliphatic rings. The number of carbonyl (C=O) groups is 2. The first-order chi connectivity index (χ1) is 7.63. The molecule has 0 heterocycles. The highest BCUT2D eigenvalue weighted by atomic mass is 16.6. The average Bonchev–Trinajstić information content (AvgIpc) is 2.91. The van der Waals surface area contributed by atoms with E-state index in [1.807, 2.05) is 6.92 Å². The minimum atomic E-state index is -0.778. The largest absolute Gasteiger partial charge is 0.481 e. The molecule has 0 radical (unpaired) electrons. The van der Waals surface area contributed by atoms with Crippen LogP contribution in [0.15, 0.2) is 0 Å². The maximum Gasteiger partial charge on any atom is 0.410 e. The zero-order chi connectivity index (χ0) is 13.4. The minimum absolute atomic E-state index is 0.0463. The monoisotopic (exact) mass is 243 g/mol. The molecule has 1 unspecified atom stereocenters. The Labute approximate surface area is 102 Å². The molecule has 0 bridgehead atoms. The fourth-order valence-electron chi connectivity index (χ4n) is 1.82. The van der Waals surface area contributed by atoms with Crippen molar-refractivity contribution in [2.45, 2.75) is 45.8 Å². The molecule has 1 fully saturated rings. The van der Waals surface area contributed by atoms with Gasteiger partial charge in [-0.1, -0.05) is 0 Å². The highest BCUT2D eigenvalue weighted by Gasteiger charge is 2.48. The van der Waals surface area contributed by atoms with Crippen molar-refractivity contribution in [1.29, 1.82) is 0 Å². The molecule has 1 amide bonds. The number of amides is 1. The van der Waals surface area contributed by atoms with Gasteiger partial charge in [-0.15, -0.1) is 0 Å². The molecular weight excluding hydrogens is 222 g/mol. The molecule has 1 rings (SSSR count). The summed E-state index contributed by atoms with van der Waals surface area (Å²) in [4.78, 5) is 24.0. The molecule has 17 heavy (non-hydrogen) atoms. The Kier molecular flexibility index (Phi) is 3.69. The molecule has 5 heteroatoms. The Morgan fingerprint density at radius 1 is 1.41 bits per heavy atom. The van der Waals surface area contributed by atoms with Crippen LogP contribution in [0.4, 0.5) is 4.79 Å². The number of hydrogen-bond donors (Lipinski definition) is 1. The molecule has 0 aromatic heterocycles. The Hall–Kier alpha value is -1.26. The lowest BCUT2D eigenvalue weighted by molar-refractivity contribution is -0.139. The summed E-state index contributed by atoms with van der Waals surface area (Å²) >= 11 is 0. The van der Waals surface area contributed by atoms with Crippen molar-refractivity contribution in [3.63, 3.8) is 0 Å². The number of nitrogens with zero attached hydrogens (tertiary/aromatic N) is 1. The molecular formula is C12H21NO4. The van der Waals surface area contributed by atoms with Crippen LogP contribution in [0.5, 0.6) is 0 Å². The third-order valence-electron chi connectivity index (χ3n) is 3.07. The smallest absolute Gasteiger partial charge is 0.410 e. The first kappa shape index (κ1) is 13.8. The quantitative estimate of drug-likeness (QED) is 0.822. The number of carboxylic acids is 1. The van der Waals surface area contributed by atoms with Gasteiger partial charge in [-0.25, -0.2) is 4.79 Å². The Morgan fingerprint density at radius 2 is 1.94 bits per heavy atom. The molecule has 1 saturated carbocycles. The van der Waals surface area contributed by atoms with Gasteiger partial charge in [-0.2, -0.15) is 0 Å². The fourth-order valence-corrected chi connectivity index (χ4v) is 1.82. The summed E-state index contributed by atoms with van der Waals surface area (Å²) < 4.78 is 5.23. The van der Waals surface area contributed by atoms with E-state index in [2.05, 4.69) is 0 Å². The summed E-state index contributed by atoms with van der Waals surface area (Å²) in [5.41, 5.74) is -0.527. The Morgan fingerprint density at radius 3 is 2.29 bits per heavy atom. The predicted molar refractivity (Wildman–Crippen MR) is 62.7 cm³/mol. The SMILES string of the molecule is CC([C@@H]1C[C@H]1C(=O)O)N(C)C(=O)OC(C)(C)C. The summed E-state index contributed by atoms with van der Waals surface area (Å²) in [6.07, 6.45) is 0.241. The van der Waals surface area contributed by atoms with Gasteiger partial charge in [-0.3, -0.25) is 4.79 Å². The van der Waals surface area contributed by atoms with Gasteiger partial charge in [0.1, 0.15) is 5.60 Å². The van der Waals surface area contributed by atoms with E-state index >= 15 is 0 Å². The highest BCUT2D eigenvalue weighted by Crippen LogP contribution is 2.43. The minimum Gasteiger partial charge on any atom is -0.481 e. The van der Waals surface area contributed by atoms with Crippen LogP contribution < -0.4 is 0 Å². The molecule has 5 nitrogen and oxygen atoms in total. The van der Waals surface area contributed by atoms with Crippen molar-refractivity contribution in [3.05, 3.63) is 0 Å². The van der Waals surface area contributed by atoms with Crippen LogP contribution in [-0.4, -0.2) is 40.8 Å². The summed E-state index contributed by atoms with van der Waals surface area (Å²) in [7, 11) is 1.65. The zero-order valence-electron chi connectivity index (χ0n) is 11.1. The van der Waals surface area contributed by atoms with Gasteiger partial charge in [0.2, 0.25) is 0 Å². The number of rotatable bonds is 3. The third-order valence-corrected chi connectivity index (χ3v) is 3.07. The van der Waals surface area contributed by atoms with Crippen LogP contribution >= 0.6 is 0 Å². The summed E-state index contributed by atoms with van der Waals surface area (Å²) in [6, 6.07) is -0.106. The van der Waals surface area contributed by atoms with Gasteiger partial charge >= 0.3 is 12.1 Å². The third kappa shape index (κ3) is 3.61. The second-order valence-electron chi connectivity index (χ2n) is 5.68. The van der Waals surface area contributed by atoms with E-state index in [-0.39, 0.29) is 17.9 Å². The first-order valence-electron chi connectivity index (χ1n) is 5.82. The molecule has 0 aliphatic heterocycles. The van der Waals surface area contributed by atoms with Crippen LogP contribution in [0.1, 0.15) is 34.1 Å². The lowest BCUT2D eigenvalue weighted by Gasteiger charge is -2.28. The summed E-state index contributed by atoms with van der Waals surface area (Å²) in [6.45, 7) is 7.28. The van der Waals surface area contributed by atoms with Gasteiger partial charge in [0, 0.05) is 13.1 Å². The van der Waals surface area contributed by atoms with Crippen LogP contribution in [0.3, 0.4) is 0 Å². The van der Waals surface area contributed by atoms with E-state index in [4.69, 9.17) is 9.84 Å². The van der Waals surface area contributed by atoms with Crippen LogP contribution in [0.2, 0.25) is 0 Å². The normalized spacial score (nSPS) is 25.0. The maximum absolute atomic E-state index is 11.8. The van der Waals surface area contributed by atoms with Crippen molar-refractivity contribution in [1.82, 2.24) is 4.90 Å². The van der Waals surface area contributed by atoms with E-state index in [9.17, 15) is 9.59 Å². The first-order valence-corrected chi connectivity index (χ1v) is 5.82. The van der Waals surface area contributed by atoms with Crippen LogP contribution in [0, 0.1) is 11.8 Å². The zero-order valence-corrected chi connectivity index (χ0v) is 11.1. The summed E-state index contributed by atoms with van der Waals surface area (Å²) in [5.74, 6) is -1.04. The van der Waals surface area contributed by atoms with E-state index in [1.165, 1.54) is 4.90 Å². The van der Waals surface area contributed by atoms with Gasteiger partial charge in [0.25, 0.3) is 0 Å². The predicted octanol–water partition coefficient (Wildman–Crippen LogP) is 1.96. The molecule has 0 spiro atoms.